The Morgan fingerprint density at radius 3 is 2.83 bits per heavy atom. The van der Waals surface area contributed by atoms with Crippen LogP contribution in [0.2, 0.25) is 0 Å². The number of nitrogens with one attached hydrogen (secondary N) is 1. The summed E-state index contributed by atoms with van der Waals surface area (Å²) in [5.41, 5.74) is 2.16. The lowest BCUT2D eigenvalue weighted by Crippen LogP contribution is -2.40. The molecule has 6 heteroatoms. The second-order valence-corrected chi connectivity index (χ2v) is 5.80. The number of aromatic hydroxyl groups is 1. The molecular formula is C18H19N3O3. The Hall–Kier alpha value is -2.89. The monoisotopic (exact) mass is 325 g/mol. The number of fused-ring (bicyclic) bond motifs is 1. The van der Waals surface area contributed by atoms with Crippen molar-refractivity contribution in [1.82, 2.24) is 9.88 Å². The van der Waals surface area contributed by atoms with Crippen LogP contribution < -0.4 is 5.32 Å². The number of aromatic nitrogens is 1. The molecule has 2 heterocycles. The van der Waals surface area contributed by atoms with E-state index in [4.69, 9.17) is 0 Å². The van der Waals surface area contributed by atoms with E-state index in [0.29, 0.717) is 6.54 Å². The maximum Gasteiger partial charge on any atom is 0.228 e. The predicted molar refractivity (Wildman–Crippen MR) is 89.4 cm³/mol. The summed E-state index contributed by atoms with van der Waals surface area (Å²) in [6.07, 6.45) is 2.40. The van der Waals surface area contributed by atoms with Crippen LogP contribution in [0.15, 0.2) is 42.6 Å². The summed E-state index contributed by atoms with van der Waals surface area (Å²) in [4.78, 5) is 30.0. The fourth-order valence-electron chi connectivity index (χ4n) is 3.10. The van der Waals surface area contributed by atoms with Crippen molar-refractivity contribution in [2.24, 2.45) is 0 Å². The lowest BCUT2D eigenvalue weighted by molar-refractivity contribution is -0.132. The summed E-state index contributed by atoms with van der Waals surface area (Å²) >= 11 is 0. The minimum atomic E-state index is -0.307. The number of hydrogen-bond acceptors (Lipinski definition) is 4. The molecule has 124 valence electrons. The SMILES string of the molecule is CC(=O)N1CCc2ccccc2C1CC(=O)Nc1ncccc1O. The first-order chi connectivity index (χ1) is 11.6. The van der Waals surface area contributed by atoms with Crippen molar-refractivity contribution in [3.8, 4) is 5.75 Å². The molecule has 6 nitrogen and oxygen atoms in total. The van der Waals surface area contributed by atoms with Gasteiger partial charge in [0.05, 0.1) is 12.5 Å². The summed E-state index contributed by atoms with van der Waals surface area (Å²) in [6, 6.07) is 10.6. The molecule has 0 fully saturated rings. The van der Waals surface area contributed by atoms with Gasteiger partial charge in [-0.05, 0) is 29.7 Å². The van der Waals surface area contributed by atoms with Gasteiger partial charge in [0.1, 0.15) is 0 Å². The molecule has 0 saturated carbocycles. The number of amides is 2. The minimum Gasteiger partial charge on any atom is -0.504 e. The third-order valence-corrected chi connectivity index (χ3v) is 4.24. The Bertz CT molecular complexity index is 776. The first-order valence-electron chi connectivity index (χ1n) is 7.85. The smallest absolute Gasteiger partial charge is 0.228 e. The summed E-state index contributed by atoms with van der Waals surface area (Å²) in [5, 5.41) is 12.3. The van der Waals surface area contributed by atoms with Crippen molar-refractivity contribution >= 4 is 17.6 Å². The van der Waals surface area contributed by atoms with Crippen molar-refractivity contribution in [2.75, 3.05) is 11.9 Å². The van der Waals surface area contributed by atoms with Crippen LogP contribution in [0, 0.1) is 0 Å². The van der Waals surface area contributed by atoms with Crippen molar-refractivity contribution in [3.63, 3.8) is 0 Å². The number of nitrogens with zero attached hydrogens (tertiary/aromatic N) is 2. The van der Waals surface area contributed by atoms with Gasteiger partial charge < -0.3 is 15.3 Å². The zero-order valence-electron chi connectivity index (χ0n) is 13.4. The highest BCUT2D eigenvalue weighted by atomic mass is 16.3. The molecule has 0 bridgehead atoms. The van der Waals surface area contributed by atoms with Crippen molar-refractivity contribution in [1.29, 1.82) is 0 Å². The van der Waals surface area contributed by atoms with Gasteiger partial charge in [0.15, 0.2) is 11.6 Å². The van der Waals surface area contributed by atoms with E-state index >= 15 is 0 Å². The van der Waals surface area contributed by atoms with Crippen molar-refractivity contribution in [3.05, 3.63) is 53.7 Å². The topological polar surface area (TPSA) is 82.5 Å². The van der Waals surface area contributed by atoms with Gasteiger partial charge in [-0.3, -0.25) is 9.59 Å². The third kappa shape index (κ3) is 3.22. The van der Waals surface area contributed by atoms with Crippen molar-refractivity contribution in [2.45, 2.75) is 25.8 Å². The van der Waals surface area contributed by atoms with Gasteiger partial charge in [0.2, 0.25) is 11.8 Å². The highest BCUT2D eigenvalue weighted by Crippen LogP contribution is 2.32. The van der Waals surface area contributed by atoms with Crippen LogP contribution in [-0.4, -0.2) is 33.3 Å². The molecule has 0 spiro atoms. The zero-order chi connectivity index (χ0) is 17.1. The summed E-state index contributed by atoms with van der Waals surface area (Å²) < 4.78 is 0. The van der Waals surface area contributed by atoms with Crippen LogP contribution in [0.4, 0.5) is 5.82 Å². The molecule has 24 heavy (non-hydrogen) atoms. The lowest BCUT2D eigenvalue weighted by atomic mass is 9.90. The van der Waals surface area contributed by atoms with Crippen LogP contribution in [-0.2, 0) is 16.0 Å². The Labute approximate surface area is 140 Å². The molecule has 2 amide bonds. The fourth-order valence-corrected chi connectivity index (χ4v) is 3.10. The number of benzene rings is 1. The highest BCUT2D eigenvalue weighted by Gasteiger charge is 2.30. The van der Waals surface area contributed by atoms with Crippen LogP contribution in [0.25, 0.3) is 0 Å². The van der Waals surface area contributed by atoms with Gasteiger partial charge in [-0.25, -0.2) is 4.98 Å². The molecule has 1 aliphatic rings. The van der Waals surface area contributed by atoms with Gasteiger partial charge in [0.25, 0.3) is 0 Å². The zero-order valence-corrected chi connectivity index (χ0v) is 13.4. The molecule has 1 aromatic heterocycles. The van der Waals surface area contributed by atoms with E-state index in [0.717, 1.165) is 17.5 Å². The molecular weight excluding hydrogens is 306 g/mol. The predicted octanol–water partition coefficient (Wildman–Crippen LogP) is 2.26. The first kappa shape index (κ1) is 16.0. The number of rotatable bonds is 3. The molecule has 1 atom stereocenters. The largest absolute Gasteiger partial charge is 0.504 e. The standard InChI is InChI=1S/C18H19N3O3/c1-12(22)21-10-8-13-5-2-3-6-14(13)15(21)11-17(24)20-18-16(23)7-4-9-19-18/h2-7,9,15,23H,8,10-11H2,1H3,(H,19,20,24). The van der Waals surface area contributed by atoms with Gasteiger partial charge in [-0.1, -0.05) is 24.3 Å². The normalized spacial score (nSPS) is 16.4. The molecule has 1 aliphatic heterocycles. The summed E-state index contributed by atoms with van der Waals surface area (Å²) in [6.45, 7) is 2.11. The maximum absolute atomic E-state index is 12.4. The quantitative estimate of drug-likeness (QED) is 0.907. The van der Waals surface area contributed by atoms with E-state index in [1.54, 1.807) is 11.0 Å². The fraction of sp³-hybridized carbons (Fsp3) is 0.278. The second-order valence-electron chi connectivity index (χ2n) is 5.80. The number of carbonyl (C=O) groups excluding carboxylic acids is 2. The second kappa shape index (κ2) is 6.70. The van der Waals surface area contributed by atoms with E-state index in [1.807, 2.05) is 24.3 Å². The number of pyridine rings is 1. The maximum atomic E-state index is 12.4. The highest BCUT2D eigenvalue weighted by molar-refractivity contribution is 5.92. The van der Waals surface area contributed by atoms with E-state index in [1.165, 1.54) is 19.2 Å². The molecule has 3 rings (SSSR count). The summed E-state index contributed by atoms with van der Waals surface area (Å²) in [7, 11) is 0. The van der Waals surface area contributed by atoms with Crippen molar-refractivity contribution < 1.29 is 14.7 Å². The van der Waals surface area contributed by atoms with E-state index < -0.39 is 0 Å². The summed E-state index contributed by atoms with van der Waals surface area (Å²) in [5.74, 6) is -0.306. The van der Waals surface area contributed by atoms with E-state index in [-0.39, 0.29) is 35.8 Å². The Balaban J connectivity index is 1.82. The molecule has 2 aromatic rings. The van der Waals surface area contributed by atoms with Gasteiger partial charge in [-0.15, -0.1) is 0 Å². The average molecular weight is 325 g/mol. The van der Waals surface area contributed by atoms with E-state index in [2.05, 4.69) is 10.3 Å². The van der Waals surface area contributed by atoms with Crippen LogP contribution >= 0.6 is 0 Å². The Morgan fingerprint density at radius 2 is 2.08 bits per heavy atom. The van der Waals surface area contributed by atoms with Crippen LogP contribution in [0.3, 0.4) is 0 Å². The number of hydrogen-bond donors (Lipinski definition) is 2. The van der Waals surface area contributed by atoms with Crippen LogP contribution in [0.1, 0.15) is 30.5 Å². The molecule has 0 saturated heterocycles. The average Bonchev–Trinajstić information content (AvgIpc) is 2.57. The Kier molecular flexibility index (Phi) is 4.46. The number of anilines is 1. The van der Waals surface area contributed by atoms with Gasteiger partial charge in [0, 0.05) is 19.7 Å². The molecule has 1 unspecified atom stereocenters. The van der Waals surface area contributed by atoms with Crippen LogP contribution in [0.5, 0.6) is 5.75 Å². The Morgan fingerprint density at radius 1 is 1.29 bits per heavy atom. The van der Waals surface area contributed by atoms with Gasteiger partial charge in [-0.2, -0.15) is 0 Å². The van der Waals surface area contributed by atoms with E-state index in [9.17, 15) is 14.7 Å². The molecule has 1 aromatic carbocycles. The molecule has 2 N–H and O–H groups in total. The number of carbonyl (C=O) groups is 2. The first-order valence-corrected chi connectivity index (χ1v) is 7.85. The minimum absolute atomic E-state index is 0.0528. The lowest BCUT2D eigenvalue weighted by Gasteiger charge is -2.36. The van der Waals surface area contributed by atoms with Gasteiger partial charge >= 0.3 is 0 Å². The molecule has 0 aliphatic carbocycles. The third-order valence-electron chi connectivity index (χ3n) is 4.24. The molecule has 0 radical (unpaired) electrons.